The molecule has 0 aromatic rings. The van der Waals surface area contributed by atoms with Crippen LogP contribution in [0.25, 0.3) is 0 Å². The van der Waals surface area contributed by atoms with Crippen LogP contribution >= 0.6 is 32.4 Å². The zero-order valence-electron chi connectivity index (χ0n) is 7.00. The van der Waals surface area contributed by atoms with Crippen LogP contribution in [-0.2, 0) is 13.4 Å². The maximum Gasteiger partial charge on any atom is 0.335 e. The number of nitrogens with two attached hydrogens (primary N) is 1. The highest BCUT2D eigenvalue weighted by Crippen LogP contribution is 2.12. The second-order valence-electron chi connectivity index (χ2n) is 2.44. The highest BCUT2D eigenvalue weighted by atomic mass is 79.9. The van der Waals surface area contributed by atoms with E-state index in [4.69, 9.17) is 5.73 Å². The smallest absolute Gasteiger partial charge is 0.335 e. The molecule has 0 heterocycles. The molecule has 0 unspecified atom stereocenters. The Morgan fingerprint density at radius 2 is 2.15 bits per heavy atom. The Bertz CT molecular complexity index is 198. The molecule has 0 aliphatic heterocycles. The third kappa shape index (κ3) is 5.22. The van der Waals surface area contributed by atoms with Crippen LogP contribution in [-0.4, -0.2) is 28.9 Å². The van der Waals surface area contributed by atoms with E-state index < -0.39 is 17.9 Å². The van der Waals surface area contributed by atoms with Gasteiger partial charge in [0.25, 0.3) is 0 Å². The number of primary amides is 1. The van der Waals surface area contributed by atoms with Gasteiger partial charge in [-0.05, 0) is 13.5 Å². The fourth-order valence-corrected chi connectivity index (χ4v) is 1.36. The highest BCUT2D eigenvalue weighted by molar-refractivity contribution is 9.07. The molecule has 0 saturated heterocycles. The molecular formula is C6H10Br2N2O3. The summed E-state index contributed by atoms with van der Waals surface area (Å²) in [6.45, 7) is 0. The molecule has 0 spiro atoms. The topological polar surface area (TPSA) is 72.6 Å². The molecule has 0 aliphatic rings. The van der Waals surface area contributed by atoms with Crippen molar-refractivity contribution in [3.05, 3.63) is 0 Å². The molecule has 0 fully saturated rings. The third-order valence-corrected chi connectivity index (χ3v) is 2.26. The Hall–Kier alpha value is -0.140. The molecule has 1 atom stereocenters. The Balaban J connectivity index is 4.10. The number of carbonyl (C=O) groups excluding carboxylic acids is 2. The van der Waals surface area contributed by atoms with Gasteiger partial charge in [0.1, 0.15) is 6.04 Å². The normalized spacial score (nSPS) is 12.6. The van der Waals surface area contributed by atoms with Crippen LogP contribution in [0.4, 0.5) is 0 Å². The number of hydrogen-bond donors (Lipinski definition) is 1. The average Bonchev–Trinajstić information content (AvgIpc) is 2.03. The molecule has 76 valence electrons. The van der Waals surface area contributed by atoms with E-state index in [1.54, 1.807) is 7.05 Å². The van der Waals surface area contributed by atoms with Gasteiger partial charge in [0.2, 0.25) is 5.91 Å². The first kappa shape index (κ1) is 12.9. The largest absolute Gasteiger partial charge is 0.382 e. The Kier molecular flexibility index (Phi) is 6.27. The van der Waals surface area contributed by atoms with Gasteiger partial charge in [0.15, 0.2) is 16.3 Å². The third-order valence-electron chi connectivity index (χ3n) is 1.44. The number of carbonyl (C=O) groups is 2. The Morgan fingerprint density at radius 1 is 1.62 bits per heavy atom. The van der Waals surface area contributed by atoms with Gasteiger partial charge >= 0.3 is 5.97 Å². The predicted molar refractivity (Wildman–Crippen MR) is 53.9 cm³/mol. The molecule has 7 heteroatoms. The lowest BCUT2D eigenvalue weighted by atomic mass is 10.1. The van der Waals surface area contributed by atoms with Crippen molar-refractivity contribution in [2.45, 2.75) is 18.9 Å². The molecule has 1 amide bonds. The van der Waals surface area contributed by atoms with E-state index in [-0.39, 0.29) is 6.42 Å². The minimum absolute atomic E-state index is 0.142. The van der Waals surface area contributed by atoms with E-state index >= 15 is 0 Å². The standard InChI is InChI=1S/C6H10Br2N2O3/c1-10(7)4(6(12)13-8)2-3-5(9)11/h4H,2-3H2,1H3,(H2,9,11)/t4-/m0/s1. The lowest BCUT2D eigenvalue weighted by molar-refractivity contribution is -0.136. The van der Waals surface area contributed by atoms with Crippen LogP contribution in [0, 0.1) is 0 Å². The Labute approximate surface area is 93.4 Å². The number of hydrogen-bond acceptors (Lipinski definition) is 4. The quantitative estimate of drug-likeness (QED) is 0.758. The van der Waals surface area contributed by atoms with E-state index in [1.165, 1.54) is 3.93 Å². The number of amides is 1. The summed E-state index contributed by atoms with van der Waals surface area (Å²) in [6.07, 6.45) is 0.463. The first-order valence-corrected chi connectivity index (χ1v) is 4.84. The van der Waals surface area contributed by atoms with Crippen LogP contribution < -0.4 is 5.73 Å². The number of rotatable bonds is 5. The molecule has 0 aromatic heterocycles. The fourth-order valence-electron chi connectivity index (χ4n) is 0.771. The van der Waals surface area contributed by atoms with Crippen molar-refractivity contribution < 1.29 is 13.4 Å². The van der Waals surface area contributed by atoms with Gasteiger partial charge in [0.05, 0.1) is 0 Å². The van der Waals surface area contributed by atoms with Crippen molar-refractivity contribution in [2.75, 3.05) is 7.05 Å². The second-order valence-corrected chi connectivity index (χ2v) is 3.88. The van der Waals surface area contributed by atoms with E-state index in [0.717, 1.165) is 0 Å². The lowest BCUT2D eigenvalue weighted by Crippen LogP contribution is -2.33. The molecule has 0 bridgehead atoms. The van der Waals surface area contributed by atoms with Crippen molar-refractivity contribution in [1.82, 2.24) is 3.93 Å². The second kappa shape index (κ2) is 6.33. The SMILES string of the molecule is CN(Br)[C@@H](CCC(N)=O)C(=O)OBr. The minimum atomic E-state index is -0.521. The molecule has 0 rings (SSSR count). The summed E-state index contributed by atoms with van der Waals surface area (Å²) < 4.78 is 5.84. The number of likely N-dealkylation sites (N-methyl/N-ethyl adjacent to an activating group) is 1. The molecule has 5 nitrogen and oxygen atoms in total. The number of halogens is 2. The summed E-state index contributed by atoms with van der Waals surface area (Å²) >= 11 is 5.67. The van der Waals surface area contributed by atoms with Crippen LogP contribution in [0.1, 0.15) is 12.8 Å². The van der Waals surface area contributed by atoms with E-state index in [0.29, 0.717) is 6.42 Å². The molecule has 0 aromatic carbocycles. The summed E-state index contributed by atoms with van der Waals surface area (Å²) in [5, 5.41) is 0. The van der Waals surface area contributed by atoms with Crippen molar-refractivity contribution in [3.63, 3.8) is 0 Å². The molecule has 0 radical (unpaired) electrons. The predicted octanol–water partition coefficient (Wildman–Crippen LogP) is 0.715. The molecular weight excluding hydrogens is 308 g/mol. The van der Waals surface area contributed by atoms with Crippen LogP contribution in [0.5, 0.6) is 0 Å². The first-order chi connectivity index (χ1) is 5.99. The van der Waals surface area contributed by atoms with Crippen molar-refractivity contribution in [2.24, 2.45) is 5.73 Å². The molecule has 0 aliphatic carbocycles. The van der Waals surface area contributed by atoms with Crippen LogP contribution in [0.2, 0.25) is 0 Å². The molecule has 0 saturated carbocycles. The van der Waals surface area contributed by atoms with Gasteiger partial charge in [-0.2, -0.15) is 0 Å². The molecule has 2 N–H and O–H groups in total. The Morgan fingerprint density at radius 3 is 2.46 bits per heavy atom. The van der Waals surface area contributed by atoms with Gasteiger partial charge in [-0.25, -0.2) is 8.72 Å². The summed E-state index contributed by atoms with van der Waals surface area (Å²) in [7, 11) is 1.65. The molecule has 13 heavy (non-hydrogen) atoms. The number of nitrogens with zero attached hydrogens (tertiary/aromatic N) is 1. The van der Waals surface area contributed by atoms with E-state index in [2.05, 4.69) is 36.2 Å². The monoisotopic (exact) mass is 316 g/mol. The fraction of sp³-hybridized carbons (Fsp3) is 0.667. The lowest BCUT2D eigenvalue weighted by Gasteiger charge is -2.17. The van der Waals surface area contributed by atoms with Crippen LogP contribution in [0.3, 0.4) is 0 Å². The van der Waals surface area contributed by atoms with E-state index in [1.807, 2.05) is 0 Å². The maximum absolute atomic E-state index is 11.1. The minimum Gasteiger partial charge on any atom is -0.382 e. The summed E-state index contributed by atoms with van der Waals surface area (Å²) in [5.74, 6) is -0.914. The summed E-state index contributed by atoms with van der Waals surface area (Å²) in [5.41, 5.74) is 4.95. The zero-order valence-corrected chi connectivity index (χ0v) is 10.2. The van der Waals surface area contributed by atoms with Gasteiger partial charge in [-0.3, -0.25) is 4.79 Å². The highest BCUT2D eigenvalue weighted by Gasteiger charge is 2.23. The zero-order chi connectivity index (χ0) is 10.4. The van der Waals surface area contributed by atoms with Gasteiger partial charge < -0.3 is 9.56 Å². The summed E-state index contributed by atoms with van der Waals surface area (Å²) in [4.78, 5) is 21.5. The van der Waals surface area contributed by atoms with Gasteiger partial charge in [-0.15, -0.1) is 0 Å². The van der Waals surface area contributed by atoms with Crippen LogP contribution in [0.15, 0.2) is 0 Å². The summed E-state index contributed by atoms with van der Waals surface area (Å²) in [6, 6.07) is -0.521. The van der Waals surface area contributed by atoms with Crippen molar-refractivity contribution >= 4 is 44.3 Å². The maximum atomic E-state index is 11.1. The van der Waals surface area contributed by atoms with Crippen molar-refractivity contribution in [3.8, 4) is 0 Å². The van der Waals surface area contributed by atoms with Gasteiger partial charge in [0, 0.05) is 22.6 Å². The van der Waals surface area contributed by atoms with E-state index in [9.17, 15) is 9.59 Å². The van der Waals surface area contributed by atoms with Crippen molar-refractivity contribution in [1.29, 1.82) is 0 Å². The average molecular weight is 318 g/mol. The van der Waals surface area contributed by atoms with Gasteiger partial charge in [-0.1, -0.05) is 0 Å². The first-order valence-electron chi connectivity index (χ1n) is 3.48.